The Morgan fingerprint density at radius 2 is 2.04 bits per heavy atom. The molecule has 132 valence electrons. The average molecular weight is 358 g/mol. The van der Waals surface area contributed by atoms with E-state index in [0.717, 1.165) is 22.2 Å². The second kappa shape index (κ2) is 5.84. The van der Waals surface area contributed by atoms with Gasteiger partial charge >= 0.3 is 0 Å². The number of nitrogens with one attached hydrogen (secondary N) is 1. The zero-order valence-electron chi connectivity index (χ0n) is 14.4. The van der Waals surface area contributed by atoms with Crippen molar-refractivity contribution in [2.75, 3.05) is 0 Å². The summed E-state index contributed by atoms with van der Waals surface area (Å²) >= 11 is 0. The molecular weight excluding hydrogens is 344 g/mol. The molecule has 5 rings (SSSR count). The quantitative estimate of drug-likeness (QED) is 0.523. The standard InChI is InChI=1S/C18H14N8O/c1-25-10-12(8-21-25)14-5-4-11(7-20-14)9-26-17-13(3-2-6-19-17)15-16(24-26)18(27)23-22-15/h2-8,10H,9H2,1H3,(H,23,27). The molecule has 3 aromatic rings. The highest BCUT2D eigenvalue weighted by Crippen LogP contribution is 2.23. The molecule has 0 aliphatic carbocycles. The normalized spacial score (nSPS) is 11.4. The van der Waals surface area contributed by atoms with Gasteiger partial charge in [0.05, 0.1) is 18.4 Å². The largest absolute Gasteiger partial charge is 0.294 e. The van der Waals surface area contributed by atoms with Crippen LogP contribution in [-0.2, 0) is 13.6 Å². The van der Waals surface area contributed by atoms with Crippen molar-refractivity contribution in [1.82, 2.24) is 39.7 Å². The number of aromatic amines is 1. The minimum Gasteiger partial charge on any atom is -0.275 e. The predicted molar refractivity (Wildman–Crippen MR) is 98.1 cm³/mol. The Morgan fingerprint density at radius 3 is 2.81 bits per heavy atom. The van der Waals surface area contributed by atoms with Crippen LogP contribution in [0.5, 0.6) is 0 Å². The van der Waals surface area contributed by atoms with E-state index in [1.165, 1.54) is 0 Å². The molecule has 5 heterocycles. The van der Waals surface area contributed by atoms with Gasteiger partial charge in [0, 0.05) is 36.6 Å². The van der Waals surface area contributed by atoms with Crippen LogP contribution < -0.4 is 5.56 Å². The number of hydrogen-bond donors (Lipinski definition) is 1. The average Bonchev–Trinajstić information content (AvgIpc) is 3.29. The molecule has 2 aliphatic heterocycles. The lowest BCUT2D eigenvalue weighted by Crippen LogP contribution is -2.13. The summed E-state index contributed by atoms with van der Waals surface area (Å²) < 4.78 is 3.44. The van der Waals surface area contributed by atoms with Gasteiger partial charge in [-0.2, -0.15) is 15.3 Å². The zero-order chi connectivity index (χ0) is 18.4. The molecule has 0 aromatic carbocycles. The van der Waals surface area contributed by atoms with Gasteiger partial charge in [-0.25, -0.2) is 14.8 Å². The van der Waals surface area contributed by atoms with Crippen LogP contribution in [0, 0.1) is 0 Å². The molecule has 0 saturated carbocycles. The third kappa shape index (κ3) is 2.56. The smallest absolute Gasteiger partial charge is 0.275 e. The number of rotatable bonds is 3. The summed E-state index contributed by atoms with van der Waals surface area (Å²) in [5.41, 5.74) is 3.93. The summed E-state index contributed by atoms with van der Waals surface area (Å²) in [5.74, 6) is 0. The number of aromatic nitrogens is 8. The Morgan fingerprint density at radius 1 is 1.11 bits per heavy atom. The highest BCUT2D eigenvalue weighted by molar-refractivity contribution is 5.89. The van der Waals surface area contributed by atoms with E-state index in [9.17, 15) is 4.79 Å². The molecule has 0 bridgehead atoms. The van der Waals surface area contributed by atoms with Gasteiger partial charge in [-0.1, -0.05) is 6.07 Å². The SMILES string of the molecule is Cn1cc(-c2ccc(Cn3nc4c(=O)[nH]nc-4c4cccnc43)cn2)cn1. The molecule has 0 unspecified atom stereocenters. The topological polar surface area (TPSA) is 107 Å². The van der Waals surface area contributed by atoms with Crippen molar-refractivity contribution in [3.63, 3.8) is 0 Å². The second-order valence-corrected chi connectivity index (χ2v) is 6.24. The molecule has 9 heteroatoms. The highest BCUT2D eigenvalue weighted by atomic mass is 16.1. The minimum atomic E-state index is -0.311. The van der Waals surface area contributed by atoms with Crippen molar-refractivity contribution >= 4 is 11.0 Å². The van der Waals surface area contributed by atoms with Crippen molar-refractivity contribution in [1.29, 1.82) is 0 Å². The number of pyridine rings is 2. The monoisotopic (exact) mass is 358 g/mol. The van der Waals surface area contributed by atoms with E-state index in [4.69, 9.17) is 0 Å². The van der Waals surface area contributed by atoms with E-state index >= 15 is 0 Å². The van der Waals surface area contributed by atoms with Gasteiger partial charge < -0.3 is 0 Å². The summed E-state index contributed by atoms with van der Waals surface area (Å²) in [6.07, 6.45) is 7.18. The van der Waals surface area contributed by atoms with E-state index in [1.807, 2.05) is 37.5 Å². The van der Waals surface area contributed by atoms with Crippen molar-refractivity contribution in [3.05, 3.63) is 65.0 Å². The Balaban J connectivity index is 1.57. The molecule has 0 amide bonds. The Bertz CT molecular complexity index is 1280. The lowest BCUT2D eigenvalue weighted by atomic mass is 10.2. The van der Waals surface area contributed by atoms with Crippen molar-refractivity contribution in [2.45, 2.75) is 6.54 Å². The Hall–Kier alpha value is -3.88. The third-order valence-corrected chi connectivity index (χ3v) is 4.37. The van der Waals surface area contributed by atoms with E-state index in [-0.39, 0.29) is 5.56 Å². The van der Waals surface area contributed by atoms with Crippen LogP contribution >= 0.6 is 0 Å². The van der Waals surface area contributed by atoms with E-state index in [0.29, 0.717) is 23.6 Å². The molecule has 9 nitrogen and oxygen atoms in total. The van der Waals surface area contributed by atoms with Crippen molar-refractivity contribution in [2.24, 2.45) is 7.05 Å². The molecule has 0 atom stereocenters. The summed E-state index contributed by atoms with van der Waals surface area (Å²) in [7, 11) is 1.87. The van der Waals surface area contributed by atoms with Gasteiger partial charge in [0.1, 0.15) is 5.69 Å². The molecule has 0 fully saturated rings. The number of nitrogens with zero attached hydrogens (tertiary/aromatic N) is 7. The van der Waals surface area contributed by atoms with Crippen LogP contribution in [0.2, 0.25) is 0 Å². The summed E-state index contributed by atoms with van der Waals surface area (Å²) in [6.45, 7) is 0.439. The molecular formula is C18H14N8O. The van der Waals surface area contributed by atoms with Crippen LogP contribution in [0.25, 0.3) is 33.7 Å². The van der Waals surface area contributed by atoms with Crippen LogP contribution in [0.15, 0.2) is 53.8 Å². The van der Waals surface area contributed by atoms with Gasteiger partial charge in [0.25, 0.3) is 5.56 Å². The number of H-pyrrole nitrogens is 1. The van der Waals surface area contributed by atoms with E-state index in [2.05, 4.69) is 30.4 Å². The number of fused-ring (bicyclic) bond motifs is 3. The Kier molecular flexibility index (Phi) is 3.32. The maximum Gasteiger partial charge on any atom is 0.294 e. The summed E-state index contributed by atoms with van der Waals surface area (Å²) in [6, 6.07) is 7.62. The lowest BCUT2D eigenvalue weighted by molar-refractivity contribution is 0.689. The van der Waals surface area contributed by atoms with Gasteiger partial charge in [0.2, 0.25) is 0 Å². The fourth-order valence-electron chi connectivity index (χ4n) is 3.08. The first kappa shape index (κ1) is 15.4. The number of aryl methyl sites for hydroxylation is 1. The zero-order valence-corrected chi connectivity index (χ0v) is 14.4. The third-order valence-electron chi connectivity index (χ3n) is 4.37. The van der Waals surface area contributed by atoms with E-state index in [1.54, 1.807) is 28.0 Å². The van der Waals surface area contributed by atoms with E-state index < -0.39 is 0 Å². The molecule has 0 saturated heterocycles. The molecule has 3 aromatic heterocycles. The lowest BCUT2D eigenvalue weighted by Gasteiger charge is -2.11. The van der Waals surface area contributed by atoms with Crippen LogP contribution in [-0.4, -0.2) is 39.7 Å². The second-order valence-electron chi connectivity index (χ2n) is 6.24. The minimum absolute atomic E-state index is 0.301. The van der Waals surface area contributed by atoms with Crippen LogP contribution in [0.4, 0.5) is 0 Å². The maximum atomic E-state index is 12.0. The Labute approximate surface area is 152 Å². The van der Waals surface area contributed by atoms with Crippen molar-refractivity contribution in [3.8, 4) is 22.6 Å². The maximum absolute atomic E-state index is 12.0. The van der Waals surface area contributed by atoms with Gasteiger partial charge in [0.15, 0.2) is 11.3 Å². The van der Waals surface area contributed by atoms with Crippen LogP contribution in [0.3, 0.4) is 0 Å². The van der Waals surface area contributed by atoms with Gasteiger partial charge in [-0.05, 0) is 23.8 Å². The first-order valence-electron chi connectivity index (χ1n) is 8.33. The molecule has 2 aliphatic rings. The summed E-state index contributed by atoms with van der Waals surface area (Å²) in [4.78, 5) is 20.9. The highest BCUT2D eigenvalue weighted by Gasteiger charge is 2.19. The molecule has 27 heavy (non-hydrogen) atoms. The number of hydrogen-bond acceptors (Lipinski definition) is 6. The van der Waals surface area contributed by atoms with Crippen molar-refractivity contribution < 1.29 is 0 Å². The molecule has 0 radical (unpaired) electrons. The first-order chi connectivity index (χ1) is 13.2. The fourth-order valence-corrected chi connectivity index (χ4v) is 3.08. The predicted octanol–water partition coefficient (Wildman–Crippen LogP) is 1.46. The first-order valence-corrected chi connectivity index (χ1v) is 8.33. The summed E-state index contributed by atoms with van der Waals surface area (Å²) in [5, 5.41) is 15.9. The fraction of sp³-hybridized carbons (Fsp3) is 0.111. The van der Waals surface area contributed by atoms with Gasteiger partial charge in [-0.3, -0.25) is 14.5 Å². The molecule has 1 N–H and O–H groups in total. The van der Waals surface area contributed by atoms with Crippen LogP contribution in [0.1, 0.15) is 5.56 Å². The molecule has 0 spiro atoms. The van der Waals surface area contributed by atoms with Gasteiger partial charge in [-0.15, -0.1) is 0 Å².